The van der Waals surface area contributed by atoms with Gasteiger partial charge in [-0.2, -0.15) is 0 Å². The summed E-state index contributed by atoms with van der Waals surface area (Å²) in [6.07, 6.45) is 1.89. The number of hydrogen-bond acceptors (Lipinski definition) is 3. The van der Waals surface area contributed by atoms with Crippen LogP contribution in [-0.2, 0) is 14.8 Å². The summed E-state index contributed by atoms with van der Waals surface area (Å²) in [5.41, 5.74) is -0.639. The Balaban J connectivity index is 2.63. The summed E-state index contributed by atoms with van der Waals surface area (Å²) in [5.74, 6) is 0.0309. The van der Waals surface area contributed by atoms with Gasteiger partial charge in [-0.15, -0.1) is 0 Å². The number of nitrogens with one attached hydrogen (secondary N) is 1. The molecule has 1 rings (SSSR count). The molecule has 1 atom stereocenters. The van der Waals surface area contributed by atoms with Crippen LogP contribution in [0, 0.1) is 0 Å². The first kappa shape index (κ1) is 13.9. The smallest absolute Gasteiger partial charge is 0.236 e. The quantitative estimate of drug-likeness (QED) is 0.760. The van der Waals surface area contributed by atoms with Crippen molar-refractivity contribution in [3.63, 3.8) is 0 Å². The molecule has 1 amide bonds. The molecule has 0 aromatic rings. The molecule has 1 saturated heterocycles. The van der Waals surface area contributed by atoms with Gasteiger partial charge in [0, 0.05) is 18.6 Å². The fourth-order valence-corrected chi connectivity index (χ4v) is 3.43. The van der Waals surface area contributed by atoms with Crippen LogP contribution in [0.15, 0.2) is 0 Å². The average molecular weight is 313 g/mol. The van der Waals surface area contributed by atoms with Gasteiger partial charge in [0.2, 0.25) is 15.9 Å². The first-order chi connectivity index (χ1) is 7.11. The van der Waals surface area contributed by atoms with Gasteiger partial charge in [-0.1, -0.05) is 15.9 Å². The molecule has 0 aromatic carbocycles. The number of likely N-dealkylation sites (tertiary alicyclic amines) is 1. The Kier molecular flexibility index (Phi) is 4.02. The first-order valence-electron chi connectivity index (χ1n) is 5.02. The fourth-order valence-electron chi connectivity index (χ4n) is 1.87. The van der Waals surface area contributed by atoms with E-state index in [4.69, 9.17) is 0 Å². The van der Waals surface area contributed by atoms with E-state index >= 15 is 0 Å². The van der Waals surface area contributed by atoms with Crippen LogP contribution < -0.4 is 4.72 Å². The highest BCUT2D eigenvalue weighted by molar-refractivity contribution is 9.10. The van der Waals surface area contributed by atoms with Gasteiger partial charge in [0.05, 0.1) is 11.1 Å². The van der Waals surface area contributed by atoms with Crippen LogP contribution in [0.1, 0.15) is 20.3 Å². The second-order valence-corrected chi connectivity index (χ2v) is 7.63. The first-order valence-corrected chi connectivity index (χ1v) is 7.83. The number of nitrogens with zero attached hydrogens (tertiary/aromatic N) is 1. The summed E-state index contributed by atoms with van der Waals surface area (Å²) in [6.45, 7) is 4.59. The largest absolute Gasteiger partial charge is 0.340 e. The average Bonchev–Trinajstić information content (AvgIpc) is 2.30. The zero-order chi connectivity index (χ0) is 12.6. The van der Waals surface area contributed by atoms with Crippen molar-refractivity contribution in [2.75, 3.05) is 19.3 Å². The van der Waals surface area contributed by atoms with Crippen LogP contribution in [-0.4, -0.2) is 48.9 Å². The molecular weight excluding hydrogens is 296 g/mol. The highest BCUT2D eigenvalue weighted by Crippen LogP contribution is 2.20. The highest BCUT2D eigenvalue weighted by atomic mass is 79.9. The molecule has 0 aliphatic carbocycles. The van der Waals surface area contributed by atoms with E-state index in [-0.39, 0.29) is 10.7 Å². The number of carbonyl (C=O) groups excluding carboxylic acids is 1. The summed E-state index contributed by atoms with van der Waals surface area (Å²) >= 11 is 3.28. The van der Waals surface area contributed by atoms with Gasteiger partial charge in [-0.05, 0) is 20.3 Å². The monoisotopic (exact) mass is 312 g/mol. The maximum Gasteiger partial charge on any atom is 0.236 e. The molecule has 0 spiro atoms. The van der Waals surface area contributed by atoms with E-state index < -0.39 is 15.6 Å². The second-order valence-electron chi connectivity index (χ2n) is 4.77. The second kappa shape index (κ2) is 4.62. The van der Waals surface area contributed by atoms with Crippen molar-refractivity contribution in [1.82, 2.24) is 9.62 Å². The summed E-state index contributed by atoms with van der Waals surface area (Å²) in [4.78, 5) is 13.2. The fraction of sp³-hybridized carbons (Fsp3) is 0.889. The highest BCUT2D eigenvalue weighted by Gasteiger charge is 2.34. The number of hydrogen-bond donors (Lipinski definition) is 1. The zero-order valence-electron chi connectivity index (χ0n) is 9.66. The molecule has 1 unspecified atom stereocenters. The van der Waals surface area contributed by atoms with Gasteiger partial charge in [0.25, 0.3) is 0 Å². The van der Waals surface area contributed by atoms with Gasteiger partial charge >= 0.3 is 0 Å². The minimum absolute atomic E-state index is 0.0309. The van der Waals surface area contributed by atoms with E-state index in [1.807, 2.05) is 0 Å². The minimum Gasteiger partial charge on any atom is -0.340 e. The number of amides is 1. The molecule has 1 N–H and O–H groups in total. The van der Waals surface area contributed by atoms with E-state index in [1.54, 1.807) is 18.7 Å². The van der Waals surface area contributed by atoms with Crippen LogP contribution in [0.25, 0.3) is 0 Å². The third-order valence-electron chi connectivity index (χ3n) is 2.28. The van der Waals surface area contributed by atoms with Crippen molar-refractivity contribution >= 4 is 31.9 Å². The Morgan fingerprint density at radius 3 is 2.50 bits per heavy atom. The van der Waals surface area contributed by atoms with Crippen molar-refractivity contribution in [2.24, 2.45) is 0 Å². The molecule has 1 aliphatic heterocycles. The number of sulfonamides is 1. The van der Waals surface area contributed by atoms with E-state index in [9.17, 15) is 13.2 Å². The molecule has 5 nitrogen and oxygen atoms in total. The van der Waals surface area contributed by atoms with E-state index in [0.717, 1.165) is 12.7 Å². The Bertz CT molecular complexity index is 380. The molecule has 1 aliphatic rings. The maximum atomic E-state index is 11.7. The summed E-state index contributed by atoms with van der Waals surface area (Å²) in [7, 11) is -3.25. The molecule has 0 bridgehead atoms. The zero-order valence-corrected chi connectivity index (χ0v) is 12.1. The molecule has 94 valence electrons. The summed E-state index contributed by atoms with van der Waals surface area (Å²) < 4.78 is 24.8. The van der Waals surface area contributed by atoms with Gasteiger partial charge in [-0.3, -0.25) is 4.79 Å². The lowest BCUT2D eigenvalue weighted by Crippen LogP contribution is -2.51. The number of rotatable bonds is 4. The normalized spacial score (nSPS) is 22.9. The molecular formula is C9H17BrN2O3S. The predicted molar refractivity (Wildman–Crippen MR) is 66.0 cm³/mol. The van der Waals surface area contributed by atoms with Gasteiger partial charge < -0.3 is 4.90 Å². The van der Waals surface area contributed by atoms with Crippen LogP contribution in [0.4, 0.5) is 0 Å². The number of carbonyl (C=O) groups is 1. The topological polar surface area (TPSA) is 66.5 Å². The van der Waals surface area contributed by atoms with Gasteiger partial charge in [-0.25, -0.2) is 13.1 Å². The van der Waals surface area contributed by atoms with Crippen LogP contribution in [0.2, 0.25) is 0 Å². The molecule has 1 fully saturated rings. The lowest BCUT2D eigenvalue weighted by molar-refractivity contribution is -0.127. The Morgan fingerprint density at radius 2 is 2.12 bits per heavy atom. The lowest BCUT2D eigenvalue weighted by atomic mass is 10.1. The molecule has 0 radical (unpaired) electrons. The maximum absolute atomic E-state index is 11.7. The van der Waals surface area contributed by atoms with Crippen molar-refractivity contribution < 1.29 is 13.2 Å². The molecule has 0 aromatic heterocycles. The Morgan fingerprint density at radius 1 is 1.56 bits per heavy atom. The van der Waals surface area contributed by atoms with Gasteiger partial charge in [0.1, 0.15) is 0 Å². The van der Waals surface area contributed by atoms with E-state index in [2.05, 4.69) is 20.7 Å². The SMILES string of the molecule is CC(C)(CN1CCC(Br)C1=O)NS(C)(=O)=O. The van der Waals surface area contributed by atoms with Crippen molar-refractivity contribution in [1.29, 1.82) is 0 Å². The van der Waals surface area contributed by atoms with E-state index in [0.29, 0.717) is 13.1 Å². The predicted octanol–water partition coefficient (Wildman–Crippen LogP) is 0.310. The van der Waals surface area contributed by atoms with Crippen molar-refractivity contribution in [2.45, 2.75) is 30.6 Å². The lowest BCUT2D eigenvalue weighted by Gasteiger charge is -2.30. The Hall–Kier alpha value is -0.140. The standard InChI is InChI=1S/C9H17BrN2O3S/c1-9(2,11-16(3,14)15)6-12-5-4-7(10)8(12)13/h7,11H,4-6H2,1-3H3. The molecule has 7 heteroatoms. The Labute approximate surface area is 105 Å². The minimum atomic E-state index is -3.25. The molecule has 16 heavy (non-hydrogen) atoms. The number of alkyl halides is 1. The third-order valence-corrected chi connectivity index (χ3v) is 4.05. The summed E-state index contributed by atoms with van der Waals surface area (Å²) in [5, 5.41) is 0. The summed E-state index contributed by atoms with van der Waals surface area (Å²) in [6, 6.07) is 0. The van der Waals surface area contributed by atoms with E-state index in [1.165, 1.54) is 0 Å². The van der Waals surface area contributed by atoms with Gasteiger partial charge in [0.15, 0.2) is 0 Å². The third kappa shape index (κ3) is 4.03. The molecule has 0 saturated carbocycles. The van der Waals surface area contributed by atoms with Crippen LogP contribution in [0.5, 0.6) is 0 Å². The number of halogens is 1. The van der Waals surface area contributed by atoms with Crippen molar-refractivity contribution in [3.8, 4) is 0 Å². The van der Waals surface area contributed by atoms with Crippen LogP contribution in [0.3, 0.4) is 0 Å². The molecule has 1 heterocycles. The van der Waals surface area contributed by atoms with Crippen LogP contribution >= 0.6 is 15.9 Å². The van der Waals surface area contributed by atoms with Crippen molar-refractivity contribution in [3.05, 3.63) is 0 Å².